The second kappa shape index (κ2) is 10.2. The molecule has 1 saturated heterocycles. The molecule has 0 aromatic rings. The Morgan fingerprint density at radius 3 is 2.28 bits per heavy atom. The number of aliphatic hydroxyl groups excluding tert-OH is 4. The Morgan fingerprint density at radius 2 is 1.76 bits per heavy atom. The van der Waals surface area contributed by atoms with E-state index in [1.165, 1.54) is 6.92 Å². The van der Waals surface area contributed by atoms with Gasteiger partial charge in [0.05, 0.1) is 19.2 Å². The van der Waals surface area contributed by atoms with Gasteiger partial charge in [-0.05, 0) is 6.92 Å². The highest BCUT2D eigenvalue weighted by Gasteiger charge is 2.55. The number of halogens is 2. The zero-order valence-corrected chi connectivity index (χ0v) is 15.4. The number of nitrogens with one attached hydrogen (secondary N) is 2. The molecule has 1 aliphatic rings. The molecule has 1 aliphatic heterocycles. The second-order valence-corrected chi connectivity index (χ2v) is 6.67. The Kier molecular flexibility index (Phi) is 8.80. The molecule has 0 aromatic carbocycles. The number of rotatable bonds is 9. The summed E-state index contributed by atoms with van der Waals surface area (Å²) in [7, 11) is 0. The molecular formula is C15H25F2N3O9. The van der Waals surface area contributed by atoms with Crippen LogP contribution in [0.5, 0.6) is 0 Å². The highest BCUT2D eigenvalue weighted by molar-refractivity contribution is 5.89. The van der Waals surface area contributed by atoms with Crippen LogP contribution in [-0.4, -0.2) is 105 Å². The minimum atomic E-state index is -3.95. The van der Waals surface area contributed by atoms with Gasteiger partial charge in [0.15, 0.2) is 0 Å². The van der Waals surface area contributed by atoms with E-state index in [-0.39, 0.29) is 0 Å². The van der Waals surface area contributed by atoms with Gasteiger partial charge in [-0.15, -0.1) is 0 Å². The molecule has 12 nitrogen and oxygen atoms in total. The molecule has 29 heavy (non-hydrogen) atoms. The summed E-state index contributed by atoms with van der Waals surface area (Å²) in [6.07, 6.45) is -11.4. The van der Waals surface area contributed by atoms with Gasteiger partial charge in [0.25, 0.3) is 5.92 Å². The molecule has 5 unspecified atom stereocenters. The number of hydrogen-bond acceptors (Lipinski definition) is 9. The van der Waals surface area contributed by atoms with Gasteiger partial charge in [-0.1, -0.05) is 0 Å². The molecule has 168 valence electrons. The summed E-state index contributed by atoms with van der Waals surface area (Å²) in [5.74, 6) is -7.32. The molecular weight excluding hydrogens is 404 g/mol. The van der Waals surface area contributed by atoms with Crippen LogP contribution in [0.3, 0.4) is 0 Å². The summed E-state index contributed by atoms with van der Waals surface area (Å²) in [6, 6.07) is -3.09. The first-order chi connectivity index (χ1) is 13.3. The Hall–Kier alpha value is -1.97. The third-order valence-corrected chi connectivity index (χ3v) is 4.31. The number of hydrogen-bond donors (Lipinski definition) is 8. The lowest BCUT2D eigenvalue weighted by Crippen LogP contribution is -2.64. The number of carboxylic acid groups (broad SMARTS) is 1. The first kappa shape index (κ1) is 25.1. The van der Waals surface area contributed by atoms with E-state index >= 15 is 0 Å². The van der Waals surface area contributed by atoms with Crippen LogP contribution in [0.4, 0.5) is 8.78 Å². The van der Waals surface area contributed by atoms with Crippen molar-refractivity contribution in [2.75, 3.05) is 13.2 Å². The van der Waals surface area contributed by atoms with Crippen LogP contribution in [0.1, 0.15) is 13.3 Å². The van der Waals surface area contributed by atoms with Crippen LogP contribution in [-0.2, 0) is 19.1 Å². The number of alkyl halides is 2. The maximum absolute atomic E-state index is 14.5. The van der Waals surface area contributed by atoms with Gasteiger partial charge in [-0.3, -0.25) is 14.4 Å². The highest BCUT2D eigenvalue weighted by atomic mass is 19.3. The van der Waals surface area contributed by atoms with E-state index in [0.717, 1.165) is 0 Å². The van der Waals surface area contributed by atoms with Gasteiger partial charge >= 0.3 is 5.97 Å². The van der Waals surface area contributed by atoms with E-state index in [1.54, 1.807) is 0 Å². The molecule has 9 N–H and O–H groups in total. The molecule has 7 atom stereocenters. The van der Waals surface area contributed by atoms with Gasteiger partial charge in [0.1, 0.15) is 36.6 Å². The maximum atomic E-state index is 14.5. The number of carbonyl (C=O) groups is 3. The van der Waals surface area contributed by atoms with Crippen LogP contribution in [0.15, 0.2) is 0 Å². The SMILES string of the molecule is C[C@H](NC(=O)CNC(=O)C(N)CC(F)(F)C1OC(CO)[C@H](O)C(O)C1O)C(=O)O. The summed E-state index contributed by atoms with van der Waals surface area (Å²) in [5, 5.41) is 50.7. The molecule has 0 radical (unpaired) electrons. The van der Waals surface area contributed by atoms with E-state index in [2.05, 4.69) is 0 Å². The monoisotopic (exact) mass is 429 g/mol. The predicted octanol–water partition coefficient (Wildman–Crippen LogP) is -4.11. The lowest BCUT2D eigenvalue weighted by Gasteiger charge is -2.43. The zero-order chi connectivity index (χ0) is 22.5. The summed E-state index contributed by atoms with van der Waals surface area (Å²) in [5.41, 5.74) is 5.40. The van der Waals surface area contributed by atoms with Gasteiger partial charge in [0.2, 0.25) is 11.8 Å². The van der Waals surface area contributed by atoms with E-state index < -0.39 is 85.9 Å². The lowest BCUT2D eigenvalue weighted by atomic mass is 9.89. The molecule has 2 amide bonds. The first-order valence-corrected chi connectivity index (χ1v) is 8.55. The van der Waals surface area contributed by atoms with E-state index in [4.69, 9.17) is 20.7 Å². The van der Waals surface area contributed by atoms with Crippen LogP contribution in [0.25, 0.3) is 0 Å². The molecule has 0 aliphatic carbocycles. The average Bonchev–Trinajstić information content (AvgIpc) is 2.63. The van der Waals surface area contributed by atoms with E-state index in [1.807, 2.05) is 10.6 Å². The first-order valence-electron chi connectivity index (χ1n) is 8.55. The van der Waals surface area contributed by atoms with Crippen molar-refractivity contribution >= 4 is 17.8 Å². The standard InChI is InChI=1S/C15H25F2N3O9/c1-5(14(27)28)20-8(22)3-19-13(26)6(18)2-15(16,17)12-11(25)10(24)9(23)7(4-21)29-12/h5-7,9-12,21,23-25H,2-4,18H2,1H3,(H,19,26)(H,20,22)(H,27,28)/t5-,6?,7?,9-,10?,11?,12?/m0/s1. The molecule has 0 aromatic heterocycles. The van der Waals surface area contributed by atoms with Gasteiger partial charge in [-0.25, -0.2) is 8.78 Å². The minimum Gasteiger partial charge on any atom is -0.480 e. The molecule has 0 saturated carbocycles. The van der Waals surface area contributed by atoms with Crippen molar-refractivity contribution in [3.8, 4) is 0 Å². The van der Waals surface area contributed by atoms with Gasteiger partial charge < -0.3 is 46.6 Å². The van der Waals surface area contributed by atoms with Crippen molar-refractivity contribution in [2.24, 2.45) is 5.73 Å². The normalized spacial score (nSPS) is 29.6. The Bertz CT molecular complexity index is 608. The number of carbonyl (C=O) groups excluding carboxylic acids is 2. The molecule has 14 heteroatoms. The van der Waals surface area contributed by atoms with Crippen LogP contribution < -0.4 is 16.4 Å². The van der Waals surface area contributed by atoms with Crippen molar-refractivity contribution < 1.29 is 53.4 Å². The summed E-state index contributed by atoms with van der Waals surface area (Å²) < 4.78 is 33.7. The fourth-order valence-corrected chi connectivity index (χ4v) is 2.61. The summed E-state index contributed by atoms with van der Waals surface area (Å²) in [6.45, 7) is -0.446. The fraction of sp³-hybridized carbons (Fsp3) is 0.800. The van der Waals surface area contributed by atoms with Crippen molar-refractivity contribution in [2.45, 2.75) is 61.9 Å². The molecule has 1 rings (SSSR count). The van der Waals surface area contributed by atoms with Crippen LogP contribution in [0.2, 0.25) is 0 Å². The topological polar surface area (TPSA) is 212 Å². The molecule has 0 spiro atoms. The minimum absolute atomic E-state index is 0.713. The van der Waals surface area contributed by atoms with Gasteiger partial charge in [0, 0.05) is 6.42 Å². The van der Waals surface area contributed by atoms with Gasteiger partial charge in [-0.2, -0.15) is 0 Å². The number of carboxylic acids is 1. The van der Waals surface area contributed by atoms with Crippen molar-refractivity contribution in [3.05, 3.63) is 0 Å². The van der Waals surface area contributed by atoms with Crippen molar-refractivity contribution in [1.29, 1.82) is 0 Å². The van der Waals surface area contributed by atoms with Crippen molar-refractivity contribution in [3.63, 3.8) is 0 Å². The fourth-order valence-electron chi connectivity index (χ4n) is 2.61. The molecule has 1 heterocycles. The predicted molar refractivity (Wildman–Crippen MR) is 89.6 cm³/mol. The second-order valence-electron chi connectivity index (χ2n) is 6.67. The third-order valence-electron chi connectivity index (χ3n) is 4.31. The largest absolute Gasteiger partial charge is 0.480 e. The summed E-state index contributed by atoms with van der Waals surface area (Å²) >= 11 is 0. The highest BCUT2D eigenvalue weighted by Crippen LogP contribution is 2.34. The van der Waals surface area contributed by atoms with E-state index in [9.17, 15) is 38.5 Å². The Labute approximate surface area is 163 Å². The number of aliphatic carboxylic acids is 1. The number of nitrogens with two attached hydrogens (primary N) is 1. The van der Waals surface area contributed by atoms with Crippen LogP contribution in [0, 0.1) is 0 Å². The zero-order valence-electron chi connectivity index (χ0n) is 15.4. The molecule has 0 bridgehead atoms. The van der Waals surface area contributed by atoms with Crippen molar-refractivity contribution in [1.82, 2.24) is 10.6 Å². The number of aliphatic hydroxyl groups is 4. The molecule has 1 fully saturated rings. The summed E-state index contributed by atoms with van der Waals surface area (Å²) in [4.78, 5) is 34.0. The third kappa shape index (κ3) is 6.52. The smallest absolute Gasteiger partial charge is 0.325 e. The number of ether oxygens (including phenoxy) is 1. The lowest BCUT2D eigenvalue weighted by molar-refractivity contribution is -0.281. The maximum Gasteiger partial charge on any atom is 0.325 e. The van der Waals surface area contributed by atoms with Crippen LogP contribution >= 0.6 is 0 Å². The average molecular weight is 429 g/mol. The van der Waals surface area contributed by atoms with E-state index in [0.29, 0.717) is 0 Å². The quantitative estimate of drug-likeness (QED) is 0.177. The Morgan fingerprint density at radius 1 is 1.17 bits per heavy atom. The Balaban J connectivity index is 2.66. The number of amides is 2.